The Morgan fingerprint density at radius 3 is 2.42 bits per heavy atom. The lowest BCUT2D eigenvalue weighted by Gasteiger charge is -2.16. The highest BCUT2D eigenvalue weighted by Gasteiger charge is 2.28. The van der Waals surface area contributed by atoms with E-state index in [1.807, 2.05) is 0 Å². The highest BCUT2D eigenvalue weighted by molar-refractivity contribution is 14.1. The number of aromatic nitrogens is 2. The third-order valence-electron chi connectivity index (χ3n) is 4.72. The predicted molar refractivity (Wildman–Crippen MR) is 86.1 cm³/mol. The second-order valence-electron chi connectivity index (χ2n) is 6.26. The minimum Gasteiger partial charge on any atom is -0.383 e. The SMILES string of the molecule is CC1CCC(c2nc(N)c(I)c(C3CCCC3)n2)C1. The molecule has 0 aromatic carbocycles. The summed E-state index contributed by atoms with van der Waals surface area (Å²) in [5.74, 6) is 3.68. The topological polar surface area (TPSA) is 51.8 Å². The van der Waals surface area contributed by atoms with Crippen molar-refractivity contribution in [3.8, 4) is 0 Å². The van der Waals surface area contributed by atoms with Gasteiger partial charge in [0.25, 0.3) is 0 Å². The van der Waals surface area contributed by atoms with E-state index in [0.29, 0.717) is 17.7 Å². The molecule has 2 fully saturated rings. The summed E-state index contributed by atoms with van der Waals surface area (Å²) in [7, 11) is 0. The molecule has 1 aromatic rings. The molecule has 1 aromatic heterocycles. The van der Waals surface area contributed by atoms with Crippen molar-refractivity contribution in [3.05, 3.63) is 15.1 Å². The Bertz CT molecular complexity index is 469. The van der Waals surface area contributed by atoms with Crippen molar-refractivity contribution in [2.75, 3.05) is 5.73 Å². The van der Waals surface area contributed by atoms with Crippen LogP contribution in [0, 0.1) is 9.49 Å². The molecule has 0 bridgehead atoms. The minimum absolute atomic E-state index is 0.537. The van der Waals surface area contributed by atoms with Crippen molar-refractivity contribution in [1.29, 1.82) is 0 Å². The molecule has 0 radical (unpaired) electrons. The molecule has 2 N–H and O–H groups in total. The van der Waals surface area contributed by atoms with Gasteiger partial charge in [0.1, 0.15) is 11.6 Å². The minimum atomic E-state index is 0.537. The van der Waals surface area contributed by atoms with E-state index in [1.165, 1.54) is 50.6 Å². The maximum Gasteiger partial charge on any atom is 0.140 e. The van der Waals surface area contributed by atoms with Crippen molar-refractivity contribution in [2.24, 2.45) is 5.92 Å². The van der Waals surface area contributed by atoms with Gasteiger partial charge in [0.05, 0.1) is 9.26 Å². The second-order valence-corrected chi connectivity index (χ2v) is 7.34. The first kappa shape index (κ1) is 13.6. The molecule has 3 nitrogen and oxygen atoms in total. The van der Waals surface area contributed by atoms with Crippen LogP contribution < -0.4 is 5.73 Å². The zero-order chi connectivity index (χ0) is 13.4. The number of hydrogen-bond acceptors (Lipinski definition) is 3. The van der Waals surface area contributed by atoms with Crippen molar-refractivity contribution < 1.29 is 0 Å². The van der Waals surface area contributed by atoms with Crippen molar-refractivity contribution in [3.63, 3.8) is 0 Å². The fourth-order valence-electron chi connectivity index (χ4n) is 3.60. The van der Waals surface area contributed by atoms with Crippen LogP contribution in [0.15, 0.2) is 0 Å². The molecule has 104 valence electrons. The van der Waals surface area contributed by atoms with Crippen LogP contribution >= 0.6 is 22.6 Å². The standard InChI is InChI=1S/C15H22IN3/c1-9-6-7-11(8-9)15-18-13(10-4-2-3-5-10)12(16)14(17)19-15/h9-11H,2-8H2,1H3,(H2,17,18,19). The van der Waals surface area contributed by atoms with Crippen molar-refractivity contribution in [2.45, 2.75) is 63.7 Å². The average Bonchev–Trinajstić information content (AvgIpc) is 3.03. The van der Waals surface area contributed by atoms with Gasteiger partial charge < -0.3 is 5.73 Å². The third kappa shape index (κ3) is 2.73. The zero-order valence-corrected chi connectivity index (χ0v) is 13.7. The summed E-state index contributed by atoms with van der Waals surface area (Å²) in [4.78, 5) is 9.51. The third-order valence-corrected chi connectivity index (χ3v) is 5.83. The Labute approximate surface area is 128 Å². The lowest BCUT2D eigenvalue weighted by Crippen LogP contribution is -2.12. The number of nitrogen functional groups attached to an aromatic ring is 1. The van der Waals surface area contributed by atoms with Crippen LogP contribution in [0.2, 0.25) is 0 Å². The molecule has 1 heterocycles. The Morgan fingerprint density at radius 2 is 1.79 bits per heavy atom. The molecule has 0 aliphatic heterocycles. The molecule has 3 rings (SSSR count). The fraction of sp³-hybridized carbons (Fsp3) is 0.733. The van der Waals surface area contributed by atoms with Crippen molar-refractivity contribution >= 4 is 28.4 Å². The van der Waals surface area contributed by atoms with Gasteiger partial charge in [-0.1, -0.05) is 19.8 Å². The van der Waals surface area contributed by atoms with Gasteiger partial charge in [0, 0.05) is 11.8 Å². The number of anilines is 1. The van der Waals surface area contributed by atoms with Gasteiger partial charge in [-0.2, -0.15) is 0 Å². The second kappa shape index (κ2) is 5.54. The van der Waals surface area contributed by atoms with E-state index in [0.717, 1.165) is 15.3 Å². The van der Waals surface area contributed by atoms with E-state index >= 15 is 0 Å². The van der Waals surface area contributed by atoms with E-state index in [-0.39, 0.29) is 0 Å². The van der Waals surface area contributed by atoms with Gasteiger partial charge in [-0.15, -0.1) is 0 Å². The molecule has 0 amide bonds. The summed E-state index contributed by atoms with van der Waals surface area (Å²) in [6.45, 7) is 2.33. The molecule has 2 unspecified atom stereocenters. The van der Waals surface area contributed by atoms with E-state index in [1.54, 1.807) is 0 Å². The molecule has 2 aliphatic rings. The summed E-state index contributed by atoms with van der Waals surface area (Å²) in [6, 6.07) is 0. The van der Waals surface area contributed by atoms with Gasteiger partial charge in [-0.05, 0) is 60.6 Å². The van der Waals surface area contributed by atoms with E-state index in [2.05, 4.69) is 34.5 Å². The maximum atomic E-state index is 6.13. The molecule has 19 heavy (non-hydrogen) atoms. The van der Waals surface area contributed by atoms with Gasteiger partial charge in [0.15, 0.2) is 0 Å². The summed E-state index contributed by atoms with van der Waals surface area (Å²) < 4.78 is 1.10. The lowest BCUT2D eigenvalue weighted by molar-refractivity contribution is 0.579. The summed E-state index contributed by atoms with van der Waals surface area (Å²) in [6.07, 6.45) is 8.97. The first-order valence-corrected chi connectivity index (χ1v) is 8.56. The van der Waals surface area contributed by atoms with Crippen LogP contribution in [0.1, 0.15) is 75.2 Å². The Kier molecular flexibility index (Phi) is 3.96. The van der Waals surface area contributed by atoms with Crippen LogP contribution in [0.4, 0.5) is 5.82 Å². The van der Waals surface area contributed by atoms with Crippen LogP contribution in [0.25, 0.3) is 0 Å². The predicted octanol–water partition coefficient (Wildman–Crippen LogP) is 4.22. The van der Waals surface area contributed by atoms with Crippen LogP contribution in [-0.4, -0.2) is 9.97 Å². The number of hydrogen-bond donors (Lipinski definition) is 1. The van der Waals surface area contributed by atoms with Gasteiger partial charge >= 0.3 is 0 Å². The molecule has 2 atom stereocenters. The highest BCUT2D eigenvalue weighted by Crippen LogP contribution is 2.40. The van der Waals surface area contributed by atoms with Gasteiger partial charge in [0.2, 0.25) is 0 Å². The molecule has 4 heteroatoms. The number of nitrogens with zero attached hydrogens (tertiary/aromatic N) is 2. The molecule has 2 aliphatic carbocycles. The molecule has 0 spiro atoms. The van der Waals surface area contributed by atoms with Gasteiger partial charge in [-0.25, -0.2) is 9.97 Å². The van der Waals surface area contributed by atoms with E-state index < -0.39 is 0 Å². The first-order valence-electron chi connectivity index (χ1n) is 7.48. The van der Waals surface area contributed by atoms with E-state index in [4.69, 9.17) is 10.7 Å². The van der Waals surface area contributed by atoms with Gasteiger partial charge in [-0.3, -0.25) is 0 Å². The lowest BCUT2D eigenvalue weighted by atomic mass is 10.0. The van der Waals surface area contributed by atoms with Crippen LogP contribution in [0.3, 0.4) is 0 Å². The monoisotopic (exact) mass is 371 g/mol. The Balaban J connectivity index is 1.93. The average molecular weight is 371 g/mol. The smallest absolute Gasteiger partial charge is 0.140 e. The zero-order valence-electron chi connectivity index (χ0n) is 11.5. The number of rotatable bonds is 2. The summed E-state index contributed by atoms with van der Waals surface area (Å²) in [5.41, 5.74) is 7.37. The fourth-order valence-corrected chi connectivity index (χ4v) is 4.28. The summed E-state index contributed by atoms with van der Waals surface area (Å²) in [5, 5.41) is 0. The maximum absolute atomic E-state index is 6.13. The van der Waals surface area contributed by atoms with Crippen LogP contribution in [0.5, 0.6) is 0 Å². The molecular weight excluding hydrogens is 349 g/mol. The van der Waals surface area contributed by atoms with E-state index in [9.17, 15) is 0 Å². The van der Waals surface area contributed by atoms with Crippen molar-refractivity contribution in [1.82, 2.24) is 9.97 Å². The number of nitrogens with two attached hydrogens (primary N) is 1. The molecular formula is C15H22IN3. The summed E-state index contributed by atoms with van der Waals surface area (Å²) >= 11 is 2.33. The van der Waals surface area contributed by atoms with Crippen LogP contribution in [-0.2, 0) is 0 Å². The largest absolute Gasteiger partial charge is 0.383 e. The molecule has 2 saturated carbocycles. The highest BCUT2D eigenvalue weighted by atomic mass is 127. The first-order chi connectivity index (χ1) is 9.15. The quantitative estimate of drug-likeness (QED) is 0.792. The molecule has 0 saturated heterocycles. The number of halogens is 1. The Morgan fingerprint density at radius 1 is 1.05 bits per heavy atom. The Hall–Kier alpha value is -0.390. The normalized spacial score (nSPS) is 28.1.